The molecule has 69 heavy (non-hydrogen) atoms. The van der Waals surface area contributed by atoms with Crippen molar-refractivity contribution in [2.24, 2.45) is 74.2 Å². The topological polar surface area (TPSA) is 158 Å². The Labute approximate surface area is 411 Å². The van der Waals surface area contributed by atoms with E-state index in [0.29, 0.717) is 63.4 Å². The van der Waals surface area contributed by atoms with Crippen molar-refractivity contribution in [2.75, 3.05) is 19.8 Å². The molecule has 11 aliphatic rings. The highest BCUT2D eigenvalue weighted by atomic mass is 16.6. The number of rotatable bonds is 8. The molecule has 9 heteroatoms. The lowest BCUT2D eigenvalue weighted by atomic mass is 9.32. The molecule has 0 aromatic heterocycles. The van der Waals surface area contributed by atoms with Crippen LogP contribution in [0.4, 0.5) is 0 Å². The molecule has 7 fully saturated rings. The molecule has 7 N–H and O–H groups in total. The fourth-order valence-corrected chi connectivity index (χ4v) is 19.4. The number of epoxide rings is 1. The molecule has 3 heterocycles. The van der Waals surface area contributed by atoms with E-state index in [1.807, 2.05) is 26.0 Å². The summed E-state index contributed by atoms with van der Waals surface area (Å²) < 4.78 is 14.2. The maximum Gasteiger partial charge on any atom is 0.159 e. The minimum atomic E-state index is -1.39. The third-order valence-electron chi connectivity index (χ3n) is 22.8. The van der Waals surface area contributed by atoms with Crippen LogP contribution in [0.1, 0.15) is 142 Å². The number of carbonyl (C=O) groups excluding carboxylic acids is 1. The second-order valence-electron chi connectivity index (χ2n) is 25.8. The average molecular weight is 941 g/mol. The van der Waals surface area contributed by atoms with Gasteiger partial charge < -0.3 is 41.0 Å². The second-order valence-corrected chi connectivity index (χ2v) is 25.8. The van der Waals surface area contributed by atoms with Gasteiger partial charge in [-0.05, 0) is 178 Å². The molecule has 0 bridgehead atoms. The summed E-state index contributed by atoms with van der Waals surface area (Å²) in [5.41, 5.74) is 4.99. The maximum atomic E-state index is 15.6. The Balaban J connectivity index is 0.979. The Morgan fingerprint density at radius 3 is 2.57 bits per heavy atom. The van der Waals surface area contributed by atoms with Crippen LogP contribution in [0.2, 0.25) is 0 Å². The van der Waals surface area contributed by atoms with Gasteiger partial charge >= 0.3 is 0 Å². The zero-order chi connectivity index (χ0) is 48.0. The molecule has 1 aromatic rings. The van der Waals surface area contributed by atoms with Crippen LogP contribution < -0.4 is 11.1 Å². The lowest BCUT2D eigenvalue weighted by Gasteiger charge is -2.71. The van der Waals surface area contributed by atoms with Crippen molar-refractivity contribution in [3.8, 4) is 11.8 Å². The fourth-order valence-electron chi connectivity index (χ4n) is 19.4. The Hall–Kier alpha value is -3.23. The van der Waals surface area contributed by atoms with Crippen molar-refractivity contribution in [1.82, 2.24) is 5.32 Å². The number of aryl methyl sites for hydroxylation is 1. The Morgan fingerprint density at radius 1 is 1.00 bits per heavy atom. The number of aliphatic hydroxyl groups is 4. The number of benzene rings is 1. The molecule has 2 saturated heterocycles. The number of allylic oxidation sites excluding steroid dienone is 5. The molecule has 12 rings (SSSR count). The number of nitrogens with two attached hydrogens (primary N) is 1. The van der Waals surface area contributed by atoms with Gasteiger partial charge in [-0.15, -0.1) is 0 Å². The van der Waals surface area contributed by atoms with Gasteiger partial charge in [0, 0.05) is 47.7 Å². The number of carbonyl (C=O) groups is 1. The number of ether oxygens (including phenoxy) is 2. The zero-order valence-corrected chi connectivity index (χ0v) is 41.9. The summed E-state index contributed by atoms with van der Waals surface area (Å²) >= 11 is 0. The molecule has 8 aliphatic carbocycles. The van der Waals surface area contributed by atoms with E-state index in [2.05, 4.69) is 73.5 Å². The smallest absolute Gasteiger partial charge is 0.159 e. The third kappa shape index (κ3) is 6.39. The molecule has 3 spiro atoms. The van der Waals surface area contributed by atoms with Gasteiger partial charge in [-0.1, -0.05) is 87.9 Å². The van der Waals surface area contributed by atoms with E-state index in [1.165, 1.54) is 24.0 Å². The van der Waals surface area contributed by atoms with Crippen LogP contribution in [0.25, 0.3) is 0 Å². The quantitative estimate of drug-likeness (QED) is 0.0860. The fraction of sp³-hybridized carbons (Fsp3) is 0.717. The summed E-state index contributed by atoms with van der Waals surface area (Å²) in [4.78, 5) is 15.6. The molecular formula is C60H80N2O7. The summed E-state index contributed by atoms with van der Waals surface area (Å²) in [5, 5.41) is 53.7. The van der Waals surface area contributed by atoms with Gasteiger partial charge in [-0.25, -0.2) is 0 Å². The largest absolute Gasteiger partial charge is 0.396 e. The number of aliphatic hydroxyl groups excluding tert-OH is 2. The average Bonchev–Trinajstić information content (AvgIpc) is 3.85. The van der Waals surface area contributed by atoms with E-state index in [0.717, 1.165) is 75.4 Å². The molecule has 17 atom stereocenters. The second kappa shape index (κ2) is 16.1. The van der Waals surface area contributed by atoms with E-state index in [9.17, 15) is 20.4 Å². The van der Waals surface area contributed by atoms with Gasteiger partial charge in [0.2, 0.25) is 0 Å². The van der Waals surface area contributed by atoms with Crippen LogP contribution in [-0.2, 0) is 27.1 Å². The van der Waals surface area contributed by atoms with Gasteiger partial charge in [-0.2, -0.15) is 0 Å². The van der Waals surface area contributed by atoms with Crippen molar-refractivity contribution < 1.29 is 34.7 Å². The van der Waals surface area contributed by atoms with Gasteiger partial charge in [0.05, 0.1) is 29.7 Å². The van der Waals surface area contributed by atoms with Crippen LogP contribution in [0.3, 0.4) is 0 Å². The highest BCUT2D eigenvalue weighted by molar-refractivity contribution is 5.95. The lowest BCUT2D eigenvalue weighted by molar-refractivity contribution is -0.224. The normalized spacial score (nSPS) is 46.3. The van der Waals surface area contributed by atoms with Crippen LogP contribution in [-0.4, -0.2) is 81.1 Å². The standard InChI is InChI=1S/C60H80N2O7/c1-37-21-28-68-59(32-37,52-51(69-52)55(4,66)53(2,36-63)25-18-38-20-27-62-49(61)29-38)47-19-26-60(67)45-31-46(65)44-30-43(64)35-58-42-14-10-24-57(44,58)50(45)41(33-54(47,60)3)17-16-40-12-6-5-11-39(40)13-9-15-48(58)56(34-42)22-7-8-23-56/h5-6,10-12,14,20,29,31,37,41-44,47-48,50-52,62-64,66-67H,7-8,13,16-19,21-28,30,32-36,61H2,1-4H3. The monoisotopic (exact) mass is 941 g/mol. The maximum absolute atomic E-state index is 15.6. The summed E-state index contributed by atoms with van der Waals surface area (Å²) in [6.45, 7) is 9.50. The van der Waals surface area contributed by atoms with Crippen LogP contribution in [0.15, 0.2) is 71.6 Å². The van der Waals surface area contributed by atoms with Crippen LogP contribution in [0.5, 0.6) is 0 Å². The molecular weight excluding hydrogens is 861 g/mol. The Kier molecular flexibility index (Phi) is 10.9. The van der Waals surface area contributed by atoms with Crippen molar-refractivity contribution in [1.29, 1.82) is 0 Å². The number of hydrogen-bond acceptors (Lipinski definition) is 9. The van der Waals surface area contributed by atoms with Gasteiger partial charge in [0.25, 0.3) is 0 Å². The molecule has 0 radical (unpaired) electrons. The molecule has 3 aliphatic heterocycles. The predicted octanol–water partition coefficient (Wildman–Crippen LogP) is 8.18. The number of nitrogens with one attached hydrogen (secondary N) is 1. The highest BCUT2D eigenvalue weighted by Gasteiger charge is 2.81. The zero-order valence-electron chi connectivity index (χ0n) is 41.9. The van der Waals surface area contributed by atoms with E-state index in [1.54, 1.807) is 0 Å². The van der Waals surface area contributed by atoms with Crippen molar-refractivity contribution >= 4 is 5.78 Å². The number of dihydropyridines is 1. The molecule has 372 valence electrons. The summed E-state index contributed by atoms with van der Waals surface area (Å²) in [6.07, 6.45) is 24.5. The first-order chi connectivity index (χ1) is 33.0. The predicted molar refractivity (Wildman–Crippen MR) is 266 cm³/mol. The van der Waals surface area contributed by atoms with E-state index in [4.69, 9.17) is 15.2 Å². The third-order valence-corrected chi connectivity index (χ3v) is 22.8. The van der Waals surface area contributed by atoms with Crippen LogP contribution >= 0.6 is 0 Å². The van der Waals surface area contributed by atoms with E-state index < -0.39 is 56.8 Å². The first kappa shape index (κ1) is 46.8. The minimum Gasteiger partial charge on any atom is -0.396 e. The molecule has 1 aromatic carbocycles. The minimum absolute atomic E-state index is 0.0391. The summed E-state index contributed by atoms with van der Waals surface area (Å²) in [7, 11) is 0. The lowest BCUT2D eigenvalue weighted by Crippen LogP contribution is -2.70. The highest BCUT2D eigenvalue weighted by Crippen LogP contribution is 2.82. The van der Waals surface area contributed by atoms with Crippen molar-refractivity contribution in [2.45, 2.75) is 178 Å². The molecule has 17 unspecified atom stereocenters. The number of fused-ring (bicyclic) bond motifs is 4. The number of hydrogen-bond donors (Lipinski definition) is 6. The van der Waals surface area contributed by atoms with Crippen molar-refractivity contribution in [3.05, 3.63) is 82.7 Å². The summed E-state index contributed by atoms with van der Waals surface area (Å²) in [6, 6.07) is 8.91. The molecule has 5 saturated carbocycles. The Morgan fingerprint density at radius 2 is 1.80 bits per heavy atom. The van der Waals surface area contributed by atoms with E-state index >= 15 is 4.79 Å². The number of ketones is 1. The Bertz CT molecular complexity index is 2460. The molecule has 9 nitrogen and oxygen atoms in total. The first-order valence-corrected chi connectivity index (χ1v) is 27.4. The van der Waals surface area contributed by atoms with Gasteiger partial charge in [0.15, 0.2) is 5.78 Å². The molecule has 0 amide bonds. The summed E-state index contributed by atoms with van der Waals surface area (Å²) in [5.74, 6) is 8.95. The van der Waals surface area contributed by atoms with Gasteiger partial charge in [0.1, 0.15) is 17.8 Å². The van der Waals surface area contributed by atoms with E-state index in [-0.39, 0.29) is 53.3 Å². The van der Waals surface area contributed by atoms with Crippen LogP contribution in [0, 0.1) is 80.3 Å². The van der Waals surface area contributed by atoms with Gasteiger partial charge in [-0.3, -0.25) is 4.79 Å². The SMILES string of the molecule is CC1CCOC(C2OC2C(C)(O)C(C)(CO)CCC2=CCNC(N)=C2)(C2CCC3(O)C4=CC(=O)C5CC(O)CC67C8C=CCC56C4C(CCc4ccccc4CC#CC7C4(CCCC4)C8)CC23C)C1. The first-order valence-electron chi connectivity index (χ1n) is 27.4. The van der Waals surface area contributed by atoms with Crippen molar-refractivity contribution in [3.63, 3.8) is 0 Å².